The number of carbonyl (C=O) groups excluding carboxylic acids is 2. The Labute approximate surface area is 122 Å². The summed E-state index contributed by atoms with van der Waals surface area (Å²) in [5.74, 6) is -1.53. The number of primary amides is 2. The van der Waals surface area contributed by atoms with Gasteiger partial charge < -0.3 is 11.5 Å². The van der Waals surface area contributed by atoms with E-state index >= 15 is 0 Å². The second kappa shape index (κ2) is 4.68. The fraction of sp³-hybridized carbons (Fsp3) is 0. The third-order valence-electron chi connectivity index (χ3n) is 3.26. The van der Waals surface area contributed by atoms with Crippen molar-refractivity contribution >= 4 is 43.3 Å². The van der Waals surface area contributed by atoms with Gasteiger partial charge in [0.1, 0.15) is 0 Å². The van der Waals surface area contributed by atoms with Crippen LogP contribution in [0, 0.1) is 0 Å². The van der Waals surface area contributed by atoms with E-state index < -0.39 is 11.8 Å². The summed E-state index contributed by atoms with van der Waals surface area (Å²) >= 11 is 1.24. The van der Waals surface area contributed by atoms with Crippen molar-refractivity contribution in [3.8, 4) is 0 Å². The van der Waals surface area contributed by atoms with Crippen LogP contribution in [-0.2, 0) is 0 Å². The van der Waals surface area contributed by atoms with E-state index in [1.165, 1.54) is 23.5 Å². The maximum atomic E-state index is 12.5. The van der Waals surface area contributed by atoms with Gasteiger partial charge in [0.25, 0.3) is 5.91 Å². The molecule has 3 aromatic rings. The van der Waals surface area contributed by atoms with E-state index in [2.05, 4.69) is 0 Å². The van der Waals surface area contributed by atoms with Crippen LogP contribution in [0.2, 0.25) is 0 Å². The van der Waals surface area contributed by atoms with Crippen LogP contribution in [0.5, 0.6) is 0 Å². The van der Waals surface area contributed by atoms with E-state index in [1.54, 1.807) is 24.3 Å². The maximum absolute atomic E-state index is 12.5. The summed E-state index contributed by atoms with van der Waals surface area (Å²) in [7, 11) is 0. The topological polar surface area (TPSA) is 103 Å². The zero-order valence-electron chi connectivity index (χ0n) is 10.8. The maximum Gasteiger partial charge on any atom is 0.250 e. The smallest absolute Gasteiger partial charge is 0.250 e. The summed E-state index contributed by atoms with van der Waals surface area (Å²) in [6.07, 6.45) is 0. The molecular formula is C15H10N2O3S. The third-order valence-corrected chi connectivity index (χ3v) is 4.46. The van der Waals surface area contributed by atoms with Crippen LogP contribution in [0.3, 0.4) is 0 Å². The first-order valence-corrected chi connectivity index (χ1v) is 6.90. The average Bonchev–Trinajstić information content (AvgIpc) is 2.46. The molecule has 4 N–H and O–H groups in total. The van der Waals surface area contributed by atoms with E-state index in [0.717, 1.165) is 4.70 Å². The van der Waals surface area contributed by atoms with Crippen molar-refractivity contribution in [1.29, 1.82) is 0 Å². The van der Waals surface area contributed by atoms with Gasteiger partial charge in [0, 0.05) is 15.5 Å². The number of carbonyl (C=O) groups is 2. The van der Waals surface area contributed by atoms with Crippen molar-refractivity contribution in [3.63, 3.8) is 0 Å². The second-order valence-electron chi connectivity index (χ2n) is 4.52. The Hall–Kier alpha value is -2.73. The summed E-state index contributed by atoms with van der Waals surface area (Å²) in [5.41, 5.74) is 10.5. The van der Waals surface area contributed by atoms with Crippen LogP contribution in [0.15, 0.2) is 41.2 Å². The molecule has 2 amide bonds. The molecule has 1 aromatic heterocycles. The first-order chi connectivity index (χ1) is 10.0. The van der Waals surface area contributed by atoms with Gasteiger partial charge in [0.2, 0.25) is 5.91 Å². The highest BCUT2D eigenvalue weighted by Gasteiger charge is 2.19. The molecule has 0 saturated carbocycles. The number of nitrogens with two attached hydrogens (primary N) is 2. The molecule has 0 aliphatic carbocycles. The molecule has 21 heavy (non-hydrogen) atoms. The number of hydrogen-bond donors (Lipinski definition) is 2. The van der Waals surface area contributed by atoms with E-state index in [1.807, 2.05) is 0 Å². The van der Waals surface area contributed by atoms with Gasteiger partial charge in [-0.1, -0.05) is 12.1 Å². The van der Waals surface area contributed by atoms with Crippen LogP contribution in [0.25, 0.3) is 20.2 Å². The summed E-state index contributed by atoms with van der Waals surface area (Å²) in [6.45, 7) is 0. The first-order valence-electron chi connectivity index (χ1n) is 6.09. The van der Waals surface area contributed by atoms with E-state index in [9.17, 15) is 14.4 Å². The first kappa shape index (κ1) is 13.3. The molecule has 104 valence electrons. The van der Waals surface area contributed by atoms with Gasteiger partial charge in [-0.05, 0) is 24.3 Å². The predicted molar refractivity (Wildman–Crippen MR) is 82.6 cm³/mol. The minimum atomic E-state index is -0.777. The highest BCUT2D eigenvalue weighted by Crippen LogP contribution is 2.29. The highest BCUT2D eigenvalue weighted by molar-refractivity contribution is 7.25. The average molecular weight is 298 g/mol. The molecular weight excluding hydrogens is 288 g/mol. The highest BCUT2D eigenvalue weighted by atomic mass is 32.1. The van der Waals surface area contributed by atoms with Gasteiger partial charge in [0.15, 0.2) is 5.43 Å². The summed E-state index contributed by atoms with van der Waals surface area (Å²) < 4.78 is 1.11. The van der Waals surface area contributed by atoms with E-state index in [-0.39, 0.29) is 16.6 Å². The fourth-order valence-corrected chi connectivity index (χ4v) is 3.54. The molecule has 0 atom stereocenters. The Morgan fingerprint density at radius 1 is 0.905 bits per heavy atom. The molecule has 0 fully saturated rings. The number of hydrogen-bond acceptors (Lipinski definition) is 4. The van der Waals surface area contributed by atoms with Gasteiger partial charge in [0.05, 0.1) is 15.8 Å². The van der Waals surface area contributed by atoms with Crippen LogP contribution < -0.4 is 16.9 Å². The van der Waals surface area contributed by atoms with Gasteiger partial charge in [-0.3, -0.25) is 14.4 Å². The van der Waals surface area contributed by atoms with Crippen LogP contribution in [0.1, 0.15) is 20.7 Å². The van der Waals surface area contributed by atoms with Gasteiger partial charge in [-0.2, -0.15) is 0 Å². The molecule has 0 radical (unpaired) electrons. The summed E-state index contributed by atoms with van der Waals surface area (Å²) in [5, 5.41) is 0.926. The molecule has 0 saturated heterocycles. The Morgan fingerprint density at radius 2 is 1.62 bits per heavy atom. The van der Waals surface area contributed by atoms with Gasteiger partial charge in [-0.25, -0.2) is 0 Å². The van der Waals surface area contributed by atoms with Crippen molar-refractivity contribution < 1.29 is 9.59 Å². The van der Waals surface area contributed by atoms with Gasteiger partial charge in [-0.15, -0.1) is 11.3 Å². The lowest BCUT2D eigenvalue weighted by Gasteiger charge is -2.08. The van der Waals surface area contributed by atoms with Crippen LogP contribution in [-0.4, -0.2) is 11.8 Å². The monoisotopic (exact) mass is 298 g/mol. The van der Waals surface area contributed by atoms with Gasteiger partial charge >= 0.3 is 0 Å². The molecule has 2 aromatic carbocycles. The molecule has 0 bridgehead atoms. The Morgan fingerprint density at radius 3 is 2.29 bits per heavy atom. The molecule has 3 rings (SSSR count). The number of fused-ring (bicyclic) bond motifs is 2. The lowest BCUT2D eigenvalue weighted by atomic mass is 10.0. The number of rotatable bonds is 2. The van der Waals surface area contributed by atoms with Crippen molar-refractivity contribution in [1.82, 2.24) is 0 Å². The molecule has 0 aliphatic rings. The molecule has 5 nitrogen and oxygen atoms in total. The second-order valence-corrected chi connectivity index (χ2v) is 5.57. The molecule has 0 spiro atoms. The summed E-state index contributed by atoms with van der Waals surface area (Å²) in [6, 6.07) is 9.95. The Balaban J connectivity index is 2.59. The molecule has 6 heteroatoms. The van der Waals surface area contributed by atoms with E-state index in [0.29, 0.717) is 15.5 Å². The van der Waals surface area contributed by atoms with Crippen LogP contribution in [0.4, 0.5) is 0 Å². The lowest BCUT2D eigenvalue weighted by molar-refractivity contribution is 0.0968. The SMILES string of the molecule is NC(=O)c1ccc2c(=O)c3ccccc3sc2c1C(N)=O. The lowest BCUT2D eigenvalue weighted by Crippen LogP contribution is -2.21. The Bertz CT molecular complexity index is 976. The number of amides is 2. The van der Waals surface area contributed by atoms with Crippen molar-refractivity contribution in [2.45, 2.75) is 0 Å². The minimum absolute atomic E-state index is 0.00727. The number of benzene rings is 2. The summed E-state index contributed by atoms with van der Waals surface area (Å²) in [4.78, 5) is 35.6. The normalized spacial score (nSPS) is 10.9. The van der Waals surface area contributed by atoms with Crippen molar-refractivity contribution in [3.05, 3.63) is 57.7 Å². The minimum Gasteiger partial charge on any atom is -0.366 e. The Kier molecular flexibility index (Phi) is 2.95. The van der Waals surface area contributed by atoms with E-state index in [4.69, 9.17) is 11.5 Å². The third kappa shape index (κ3) is 1.96. The standard InChI is InChI=1S/C15H10N2O3S/c16-14(19)8-5-6-9-12(18)7-3-1-2-4-10(7)21-13(9)11(8)15(17)20/h1-6H,(H2,16,19)(H2,17,20). The van der Waals surface area contributed by atoms with Crippen LogP contribution >= 0.6 is 11.3 Å². The predicted octanol–water partition coefficient (Wildman–Crippen LogP) is 1.61. The zero-order valence-corrected chi connectivity index (χ0v) is 11.6. The zero-order chi connectivity index (χ0) is 15.1. The van der Waals surface area contributed by atoms with Crippen molar-refractivity contribution in [2.24, 2.45) is 11.5 Å². The quantitative estimate of drug-likeness (QED) is 0.702. The van der Waals surface area contributed by atoms with Crippen molar-refractivity contribution in [2.75, 3.05) is 0 Å². The fourth-order valence-electron chi connectivity index (χ4n) is 2.32. The molecule has 0 unspecified atom stereocenters. The molecule has 0 aliphatic heterocycles. The molecule has 1 heterocycles. The largest absolute Gasteiger partial charge is 0.366 e.